The molecule has 1 saturated heterocycles. The number of hydrogen-bond donors (Lipinski definition) is 2. The second-order valence-corrected chi connectivity index (χ2v) is 8.81. The fourth-order valence-electron chi connectivity index (χ4n) is 4.07. The molecule has 0 radical (unpaired) electrons. The Kier molecular flexibility index (Phi) is 9.86. The third-order valence-electron chi connectivity index (χ3n) is 6.11. The van der Waals surface area contributed by atoms with Crippen molar-refractivity contribution in [3.8, 4) is 17.1 Å². The Morgan fingerprint density at radius 3 is 2.39 bits per heavy atom. The number of nitrogens with two attached hydrogens (primary N) is 1. The first-order valence-electron chi connectivity index (χ1n) is 12.0. The molecule has 1 aromatic heterocycles. The van der Waals surface area contributed by atoms with Gasteiger partial charge in [-0.15, -0.1) is 0 Å². The third kappa shape index (κ3) is 7.34. The number of ether oxygens (including phenoxy) is 2. The predicted octanol–water partition coefficient (Wildman–Crippen LogP) is 4.22. The molecule has 38 heavy (non-hydrogen) atoms. The van der Waals surface area contributed by atoms with E-state index in [0.717, 1.165) is 12.8 Å². The van der Waals surface area contributed by atoms with Crippen LogP contribution in [0.3, 0.4) is 0 Å². The number of nitrogens with one attached hydrogen (secondary N) is 1. The van der Waals surface area contributed by atoms with Crippen LogP contribution >= 0.6 is 0 Å². The van der Waals surface area contributed by atoms with E-state index in [0.29, 0.717) is 30.8 Å². The SMILES string of the molecule is C.N=C(N)CC(=O)OCc1cccc(-c2cnc(OCC3CCN(C(=O)c4ccccc4)CC3)nc2)c1F. The number of benzene rings is 2. The Morgan fingerprint density at radius 1 is 1.05 bits per heavy atom. The number of amides is 1. The molecule has 2 heterocycles. The Hall–Kier alpha value is -4.34. The number of aromatic nitrogens is 2. The standard InChI is InChI=1S/C27H28FN5O4.CH4/c28-25-20(17-36-24(34)13-23(29)30)7-4-8-22(25)21-14-31-27(32-15-21)37-16-18-9-11-33(12-10-18)26(35)19-5-2-1-3-6-19;/h1-8,14-15,18H,9-13,16-17H2,(H3,29,30);1H4. The van der Waals surface area contributed by atoms with Crippen molar-refractivity contribution in [2.75, 3.05) is 19.7 Å². The Balaban J connectivity index is 0.00000400. The second-order valence-electron chi connectivity index (χ2n) is 8.81. The minimum absolute atomic E-state index is 0. The van der Waals surface area contributed by atoms with Gasteiger partial charge in [-0.3, -0.25) is 15.0 Å². The van der Waals surface area contributed by atoms with Gasteiger partial charge in [-0.25, -0.2) is 14.4 Å². The highest BCUT2D eigenvalue weighted by Gasteiger charge is 2.24. The van der Waals surface area contributed by atoms with Gasteiger partial charge in [-0.05, 0) is 30.9 Å². The summed E-state index contributed by atoms with van der Waals surface area (Å²) in [6.45, 7) is 1.49. The minimum atomic E-state index is -0.699. The highest BCUT2D eigenvalue weighted by atomic mass is 19.1. The van der Waals surface area contributed by atoms with Crippen LogP contribution in [-0.4, -0.2) is 52.3 Å². The molecular formula is C28H32FN5O4. The summed E-state index contributed by atoms with van der Waals surface area (Å²) in [4.78, 5) is 34.5. The van der Waals surface area contributed by atoms with E-state index >= 15 is 0 Å². The van der Waals surface area contributed by atoms with Crippen molar-refractivity contribution in [3.05, 3.63) is 77.9 Å². The van der Waals surface area contributed by atoms with Gasteiger partial charge >= 0.3 is 12.0 Å². The summed E-state index contributed by atoms with van der Waals surface area (Å²) in [5, 5.41) is 7.12. The zero-order chi connectivity index (χ0) is 26.2. The second kappa shape index (κ2) is 13.3. The molecule has 3 N–H and O–H groups in total. The van der Waals surface area contributed by atoms with Crippen LogP contribution in [0.5, 0.6) is 6.01 Å². The van der Waals surface area contributed by atoms with Gasteiger partial charge in [0.2, 0.25) is 0 Å². The number of hydrogen-bond acceptors (Lipinski definition) is 7. The topological polar surface area (TPSA) is 131 Å². The highest BCUT2D eigenvalue weighted by molar-refractivity contribution is 5.95. The van der Waals surface area contributed by atoms with E-state index in [9.17, 15) is 14.0 Å². The summed E-state index contributed by atoms with van der Waals surface area (Å²) in [7, 11) is 0. The number of likely N-dealkylation sites (tertiary alicyclic amines) is 1. The van der Waals surface area contributed by atoms with E-state index in [-0.39, 0.29) is 55.3 Å². The zero-order valence-electron chi connectivity index (χ0n) is 20.2. The zero-order valence-corrected chi connectivity index (χ0v) is 20.2. The van der Waals surface area contributed by atoms with Gasteiger partial charge in [-0.1, -0.05) is 43.8 Å². The quantitative estimate of drug-likeness (QED) is 0.245. The lowest BCUT2D eigenvalue weighted by atomic mass is 9.97. The molecule has 0 bridgehead atoms. The van der Waals surface area contributed by atoms with Crippen LogP contribution in [0.25, 0.3) is 11.1 Å². The number of esters is 1. The molecule has 0 spiro atoms. The van der Waals surface area contributed by atoms with Crippen LogP contribution in [0.15, 0.2) is 60.9 Å². The maximum absolute atomic E-state index is 15.0. The number of amidine groups is 1. The van der Waals surface area contributed by atoms with Crippen molar-refractivity contribution >= 4 is 17.7 Å². The van der Waals surface area contributed by atoms with Crippen molar-refractivity contribution in [2.45, 2.75) is 33.3 Å². The number of nitrogens with zero attached hydrogens (tertiary/aromatic N) is 3. The van der Waals surface area contributed by atoms with Crippen molar-refractivity contribution in [1.82, 2.24) is 14.9 Å². The normalized spacial score (nSPS) is 13.3. The average molecular weight is 522 g/mol. The lowest BCUT2D eigenvalue weighted by molar-refractivity contribution is -0.143. The number of carbonyl (C=O) groups is 2. The number of rotatable bonds is 9. The van der Waals surface area contributed by atoms with E-state index in [1.165, 1.54) is 18.5 Å². The first kappa shape index (κ1) is 28.2. The lowest BCUT2D eigenvalue weighted by Crippen LogP contribution is -2.39. The van der Waals surface area contributed by atoms with Gasteiger partial charge in [0.25, 0.3) is 5.91 Å². The summed E-state index contributed by atoms with van der Waals surface area (Å²) >= 11 is 0. The Morgan fingerprint density at radius 2 is 1.74 bits per heavy atom. The fraction of sp³-hybridized carbons (Fsp3) is 0.321. The van der Waals surface area contributed by atoms with E-state index < -0.39 is 11.8 Å². The molecule has 0 aliphatic carbocycles. The summed E-state index contributed by atoms with van der Waals surface area (Å²) in [6, 6.07) is 14.2. The first-order valence-corrected chi connectivity index (χ1v) is 12.0. The lowest BCUT2D eigenvalue weighted by Gasteiger charge is -2.31. The first-order chi connectivity index (χ1) is 17.9. The van der Waals surface area contributed by atoms with E-state index in [2.05, 4.69) is 9.97 Å². The van der Waals surface area contributed by atoms with Gasteiger partial charge in [-0.2, -0.15) is 0 Å². The number of carbonyl (C=O) groups excluding carboxylic acids is 2. The molecule has 200 valence electrons. The molecule has 0 saturated carbocycles. The molecule has 10 heteroatoms. The average Bonchev–Trinajstić information content (AvgIpc) is 2.92. The maximum Gasteiger partial charge on any atom is 0.316 e. The molecule has 1 amide bonds. The van der Waals surface area contributed by atoms with Gasteiger partial charge in [0.1, 0.15) is 24.7 Å². The van der Waals surface area contributed by atoms with E-state index in [1.54, 1.807) is 12.1 Å². The van der Waals surface area contributed by atoms with Crippen molar-refractivity contribution < 1.29 is 23.5 Å². The molecule has 1 aliphatic rings. The van der Waals surface area contributed by atoms with Crippen LogP contribution in [0.2, 0.25) is 0 Å². The highest BCUT2D eigenvalue weighted by Crippen LogP contribution is 2.26. The molecule has 3 aromatic rings. The molecule has 9 nitrogen and oxygen atoms in total. The van der Waals surface area contributed by atoms with Gasteiger partial charge < -0.3 is 20.1 Å². The van der Waals surface area contributed by atoms with Crippen LogP contribution < -0.4 is 10.5 Å². The van der Waals surface area contributed by atoms with Crippen LogP contribution in [0, 0.1) is 17.1 Å². The molecule has 1 aliphatic heterocycles. The number of piperidine rings is 1. The molecular weight excluding hydrogens is 489 g/mol. The maximum atomic E-state index is 15.0. The molecule has 4 rings (SSSR count). The van der Waals surface area contributed by atoms with Crippen LogP contribution in [0.1, 0.15) is 42.6 Å². The van der Waals surface area contributed by atoms with Crippen molar-refractivity contribution in [1.29, 1.82) is 5.41 Å². The molecule has 0 unspecified atom stereocenters. The summed E-state index contributed by atoms with van der Waals surface area (Å²) in [5.74, 6) is -1.24. The predicted molar refractivity (Wildman–Crippen MR) is 141 cm³/mol. The smallest absolute Gasteiger partial charge is 0.316 e. The Bertz CT molecular complexity index is 1250. The number of halogens is 1. The van der Waals surface area contributed by atoms with Crippen LogP contribution in [0.4, 0.5) is 4.39 Å². The minimum Gasteiger partial charge on any atom is -0.463 e. The van der Waals surface area contributed by atoms with E-state index in [1.807, 2.05) is 35.2 Å². The Labute approximate surface area is 221 Å². The molecule has 0 atom stereocenters. The van der Waals surface area contributed by atoms with Crippen LogP contribution in [-0.2, 0) is 16.1 Å². The fourth-order valence-corrected chi connectivity index (χ4v) is 4.07. The largest absolute Gasteiger partial charge is 0.463 e. The van der Waals surface area contributed by atoms with Crippen molar-refractivity contribution in [3.63, 3.8) is 0 Å². The van der Waals surface area contributed by atoms with Gasteiger partial charge in [0.05, 0.1) is 6.61 Å². The summed E-state index contributed by atoms with van der Waals surface area (Å²) in [6.07, 6.45) is 4.26. The van der Waals surface area contributed by atoms with E-state index in [4.69, 9.17) is 20.6 Å². The third-order valence-corrected chi connectivity index (χ3v) is 6.11. The van der Waals surface area contributed by atoms with Crippen molar-refractivity contribution in [2.24, 2.45) is 11.7 Å². The molecule has 2 aromatic carbocycles. The van der Waals surface area contributed by atoms with Gasteiger partial charge in [0.15, 0.2) is 0 Å². The summed E-state index contributed by atoms with van der Waals surface area (Å²) in [5.41, 5.74) is 6.78. The molecule has 1 fully saturated rings. The monoisotopic (exact) mass is 521 g/mol. The summed E-state index contributed by atoms with van der Waals surface area (Å²) < 4.78 is 25.7. The van der Waals surface area contributed by atoms with Gasteiger partial charge in [0, 0.05) is 47.7 Å².